The molecule has 1 aromatic rings. The number of hydrogen-bond donors (Lipinski definition) is 1. The summed E-state index contributed by atoms with van der Waals surface area (Å²) in [5.74, 6) is 0. The minimum atomic E-state index is -5.64. The Morgan fingerprint density at radius 3 is 1.78 bits per heavy atom. The highest BCUT2D eigenvalue weighted by atomic mass is 32.1. The molecule has 0 unspecified atom stereocenters. The van der Waals surface area contributed by atoms with Crippen LogP contribution >= 0.6 is 12.2 Å². The van der Waals surface area contributed by atoms with E-state index in [1.54, 1.807) is 6.07 Å². The van der Waals surface area contributed by atoms with Gasteiger partial charge in [-0.25, -0.2) is 0 Å². The third-order valence-corrected chi connectivity index (χ3v) is 2.02. The van der Waals surface area contributed by atoms with Crippen LogP contribution in [-0.4, -0.2) is 22.6 Å². The van der Waals surface area contributed by atoms with Crippen LogP contribution in [0, 0.1) is 0 Å². The summed E-state index contributed by atoms with van der Waals surface area (Å²) in [4.78, 5) is -1.76. The van der Waals surface area contributed by atoms with E-state index in [-0.39, 0.29) is 5.69 Å². The van der Waals surface area contributed by atoms with Crippen molar-refractivity contribution >= 4 is 23.0 Å². The zero-order valence-electron chi connectivity index (χ0n) is 8.51. The van der Waals surface area contributed by atoms with Gasteiger partial charge in [-0.05, 0) is 24.4 Å². The van der Waals surface area contributed by atoms with E-state index in [1.807, 2.05) is 5.32 Å². The smallest absolute Gasteiger partial charge is 0.332 e. The number of benzene rings is 1. The number of hydrogen-bond acceptors (Lipinski definition) is 1. The fourth-order valence-electron chi connectivity index (χ4n) is 1.07. The third kappa shape index (κ3) is 3.76. The van der Waals surface area contributed by atoms with E-state index in [4.69, 9.17) is 0 Å². The minimum absolute atomic E-state index is 0.0287. The molecule has 2 nitrogen and oxygen atoms in total. The van der Waals surface area contributed by atoms with Crippen molar-refractivity contribution in [3.63, 3.8) is 0 Å². The first-order valence-corrected chi connectivity index (χ1v) is 4.83. The summed E-state index contributed by atoms with van der Waals surface area (Å²) in [6.07, 6.45) is -11.3. The molecule has 0 spiro atoms. The lowest BCUT2D eigenvalue weighted by molar-refractivity contribution is -0.341. The highest BCUT2D eigenvalue weighted by Gasteiger charge is 2.55. The first kappa shape index (κ1) is 14.6. The van der Waals surface area contributed by atoms with Crippen LogP contribution in [0.3, 0.4) is 0 Å². The molecule has 0 aliphatic heterocycles. The summed E-state index contributed by atoms with van der Waals surface area (Å²) < 4.78 is 73.5. The number of anilines is 1. The van der Waals surface area contributed by atoms with Gasteiger partial charge in [-0.15, -0.1) is 26.3 Å². The summed E-state index contributed by atoms with van der Waals surface area (Å²) in [5, 5.41) is 0.387. The topological polar surface area (TPSA) is 15.3 Å². The molecule has 100 valence electrons. The van der Waals surface area contributed by atoms with Crippen molar-refractivity contribution in [2.24, 2.45) is 0 Å². The Kier molecular flexibility index (Phi) is 4.05. The van der Waals surface area contributed by atoms with Crippen LogP contribution in [0.4, 0.5) is 32.0 Å². The second kappa shape index (κ2) is 5.01. The Hall–Kier alpha value is -1.51. The monoisotopic (exact) mass is 288 g/mol. The van der Waals surface area contributed by atoms with Gasteiger partial charge in [-0.1, -0.05) is 18.2 Å². The summed E-state index contributed by atoms with van der Waals surface area (Å²) in [5.41, 5.74) is 0.0287. The second-order valence-corrected chi connectivity index (χ2v) is 3.45. The van der Waals surface area contributed by atoms with Gasteiger partial charge in [0.15, 0.2) is 5.11 Å². The van der Waals surface area contributed by atoms with Crippen molar-refractivity contribution in [3.05, 3.63) is 30.3 Å². The number of thiocarbonyl (C=S) groups is 1. The van der Waals surface area contributed by atoms with Gasteiger partial charge in [0.2, 0.25) is 0 Å². The first-order chi connectivity index (χ1) is 8.12. The van der Waals surface area contributed by atoms with Crippen LogP contribution in [0.15, 0.2) is 30.3 Å². The van der Waals surface area contributed by atoms with Gasteiger partial charge in [-0.3, -0.25) is 0 Å². The molecule has 0 heterocycles. The second-order valence-electron chi connectivity index (χ2n) is 3.07. The fraction of sp³-hybridized carbons (Fsp3) is 0.222. The van der Waals surface area contributed by atoms with Gasteiger partial charge in [-0.2, -0.15) is 4.90 Å². The molecule has 0 atom stereocenters. The van der Waals surface area contributed by atoms with Crippen molar-refractivity contribution < 1.29 is 26.3 Å². The van der Waals surface area contributed by atoms with Crippen molar-refractivity contribution in [1.29, 1.82) is 0 Å². The molecular weight excluding hydrogens is 282 g/mol. The Labute approximate surface area is 103 Å². The van der Waals surface area contributed by atoms with Crippen LogP contribution in [0.2, 0.25) is 0 Å². The van der Waals surface area contributed by atoms with E-state index in [2.05, 4.69) is 12.2 Å². The number of para-hydroxylation sites is 1. The molecule has 0 saturated carbocycles. The molecule has 0 aliphatic carbocycles. The van der Waals surface area contributed by atoms with Crippen LogP contribution in [0.25, 0.3) is 0 Å². The molecule has 18 heavy (non-hydrogen) atoms. The number of halogens is 6. The first-order valence-electron chi connectivity index (χ1n) is 4.42. The lowest BCUT2D eigenvalue weighted by Crippen LogP contribution is -2.53. The van der Waals surface area contributed by atoms with Gasteiger partial charge < -0.3 is 5.32 Å². The Morgan fingerprint density at radius 2 is 1.39 bits per heavy atom. The molecule has 1 N–H and O–H groups in total. The maximum Gasteiger partial charge on any atom is 0.493 e. The van der Waals surface area contributed by atoms with Gasteiger partial charge >= 0.3 is 12.6 Å². The molecule has 0 saturated heterocycles. The summed E-state index contributed by atoms with van der Waals surface area (Å²) >= 11 is 4.13. The quantitative estimate of drug-likeness (QED) is 0.481. The molecule has 0 aliphatic rings. The molecule has 0 fully saturated rings. The lowest BCUT2D eigenvalue weighted by Gasteiger charge is -2.29. The molecule has 1 aromatic carbocycles. The maximum atomic E-state index is 12.2. The lowest BCUT2D eigenvalue weighted by atomic mass is 10.3. The van der Waals surface area contributed by atoms with E-state index < -0.39 is 22.6 Å². The molecule has 0 radical (unpaired) electrons. The number of rotatable bonds is 1. The van der Waals surface area contributed by atoms with Crippen molar-refractivity contribution in [3.8, 4) is 0 Å². The Bertz CT molecular complexity index is 399. The summed E-state index contributed by atoms with van der Waals surface area (Å²) in [6.45, 7) is 0. The van der Waals surface area contributed by atoms with Crippen LogP contribution < -0.4 is 5.32 Å². The van der Waals surface area contributed by atoms with Gasteiger partial charge in [0, 0.05) is 5.69 Å². The van der Waals surface area contributed by atoms with Crippen LogP contribution in [0.5, 0.6) is 0 Å². The van der Waals surface area contributed by atoms with Crippen LogP contribution in [0.1, 0.15) is 0 Å². The van der Waals surface area contributed by atoms with Crippen molar-refractivity contribution in [2.75, 3.05) is 5.32 Å². The number of nitrogens with one attached hydrogen (secondary N) is 1. The molecule has 9 heteroatoms. The highest BCUT2D eigenvalue weighted by molar-refractivity contribution is 7.80. The Balaban J connectivity index is 2.92. The zero-order valence-corrected chi connectivity index (χ0v) is 9.33. The molecular formula is C9H6F6N2S. The minimum Gasteiger partial charge on any atom is -0.332 e. The molecule has 0 amide bonds. The van der Waals surface area contributed by atoms with Crippen LogP contribution in [-0.2, 0) is 0 Å². The SMILES string of the molecule is FC(F)(F)N(C(=S)Nc1ccccc1)C(F)(F)F. The third-order valence-electron chi connectivity index (χ3n) is 1.74. The van der Waals surface area contributed by atoms with E-state index in [0.29, 0.717) is 0 Å². The maximum absolute atomic E-state index is 12.2. The van der Waals surface area contributed by atoms with Crippen molar-refractivity contribution in [1.82, 2.24) is 4.90 Å². The normalized spacial score (nSPS) is 12.1. The van der Waals surface area contributed by atoms with E-state index >= 15 is 0 Å². The largest absolute Gasteiger partial charge is 0.493 e. The number of alkyl halides is 6. The van der Waals surface area contributed by atoms with Gasteiger partial charge in [0.1, 0.15) is 0 Å². The zero-order chi connectivity index (χ0) is 14.0. The average molecular weight is 288 g/mol. The predicted molar refractivity (Wildman–Crippen MR) is 56.6 cm³/mol. The standard InChI is InChI=1S/C9H6F6N2S/c10-8(11,12)17(9(13,14)15)7(18)16-6-4-2-1-3-5-6/h1-5H,(H,16,18). The van der Waals surface area contributed by atoms with Gasteiger partial charge in [0.05, 0.1) is 0 Å². The summed E-state index contributed by atoms with van der Waals surface area (Å²) in [6, 6.07) is 7.01. The Morgan fingerprint density at radius 1 is 0.944 bits per heavy atom. The highest BCUT2D eigenvalue weighted by Crippen LogP contribution is 2.34. The number of nitrogens with zero attached hydrogens (tertiary/aromatic N) is 1. The predicted octanol–water partition coefficient (Wildman–Crippen LogP) is 3.72. The molecule has 1 rings (SSSR count). The fourth-order valence-corrected chi connectivity index (χ4v) is 1.40. The average Bonchev–Trinajstić information content (AvgIpc) is 2.13. The van der Waals surface area contributed by atoms with E-state index in [0.717, 1.165) is 0 Å². The van der Waals surface area contributed by atoms with E-state index in [1.165, 1.54) is 24.3 Å². The van der Waals surface area contributed by atoms with E-state index in [9.17, 15) is 26.3 Å². The summed E-state index contributed by atoms with van der Waals surface area (Å²) in [7, 11) is 0. The van der Waals surface area contributed by atoms with Crippen molar-refractivity contribution in [2.45, 2.75) is 12.6 Å². The van der Waals surface area contributed by atoms with Gasteiger partial charge in [0.25, 0.3) is 0 Å². The molecule has 0 aromatic heterocycles. The molecule has 0 bridgehead atoms.